The first-order valence-corrected chi connectivity index (χ1v) is 9.35. The summed E-state index contributed by atoms with van der Waals surface area (Å²) in [4.78, 5) is 17.8. The SMILES string of the molecule is CC(c1ccccc1)c1cccc2c3ccccc3n(OC(=O)N(S)S)c12. The van der Waals surface area contributed by atoms with E-state index >= 15 is 0 Å². The molecule has 0 aliphatic carbocycles. The van der Waals surface area contributed by atoms with E-state index in [1.54, 1.807) is 4.73 Å². The van der Waals surface area contributed by atoms with Gasteiger partial charge in [0, 0.05) is 16.7 Å². The predicted molar refractivity (Wildman–Crippen MR) is 115 cm³/mol. The summed E-state index contributed by atoms with van der Waals surface area (Å²) >= 11 is 7.85. The molecule has 0 saturated carbocycles. The zero-order valence-electron chi connectivity index (χ0n) is 14.6. The molecular formula is C21H18N2O2S2. The first-order chi connectivity index (χ1) is 13.1. The molecule has 136 valence electrons. The molecule has 6 heteroatoms. The summed E-state index contributed by atoms with van der Waals surface area (Å²) in [5, 5.41) is 2.05. The minimum absolute atomic E-state index is 0.125. The standard InChI is InChI=1S/C21H18N2O2S2/c1-14(15-8-3-2-4-9-15)16-11-7-12-18-17-10-5-6-13-19(17)22(20(16)18)25-21(24)23(26)27/h2-14,26-27H,1H3. The van der Waals surface area contributed by atoms with E-state index in [-0.39, 0.29) is 5.92 Å². The van der Waals surface area contributed by atoms with Crippen molar-refractivity contribution in [2.75, 3.05) is 0 Å². The highest BCUT2D eigenvalue weighted by molar-refractivity contribution is 7.94. The molecule has 3 aromatic carbocycles. The third-order valence-corrected chi connectivity index (χ3v) is 5.11. The monoisotopic (exact) mass is 394 g/mol. The summed E-state index contributed by atoms with van der Waals surface area (Å²) in [7, 11) is 0. The molecule has 1 heterocycles. The number of nitrogens with zero attached hydrogens (tertiary/aromatic N) is 2. The zero-order valence-corrected chi connectivity index (χ0v) is 16.4. The minimum atomic E-state index is -0.675. The number of carbonyl (C=O) groups excluding carboxylic acids is 1. The van der Waals surface area contributed by atoms with Crippen LogP contribution in [0.4, 0.5) is 4.79 Å². The van der Waals surface area contributed by atoms with Gasteiger partial charge in [-0.1, -0.05) is 73.7 Å². The van der Waals surface area contributed by atoms with E-state index < -0.39 is 6.09 Å². The van der Waals surface area contributed by atoms with Gasteiger partial charge >= 0.3 is 6.09 Å². The molecular weight excluding hydrogens is 376 g/mol. The molecule has 4 nitrogen and oxygen atoms in total. The Hall–Kier alpha value is -2.57. The second kappa shape index (κ2) is 7.21. The molecule has 1 aromatic heterocycles. The molecule has 1 amide bonds. The van der Waals surface area contributed by atoms with Crippen LogP contribution in [0.3, 0.4) is 0 Å². The van der Waals surface area contributed by atoms with E-state index in [0.29, 0.717) is 0 Å². The number of hydrogen-bond donors (Lipinski definition) is 2. The summed E-state index contributed by atoms with van der Waals surface area (Å²) in [6.45, 7) is 2.15. The minimum Gasteiger partial charge on any atom is -0.315 e. The molecule has 0 aliphatic heterocycles. The molecule has 4 rings (SSSR count). The zero-order chi connectivity index (χ0) is 19.0. The van der Waals surface area contributed by atoms with Crippen LogP contribution in [-0.2, 0) is 0 Å². The summed E-state index contributed by atoms with van der Waals surface area (Å²) in [5.74, 6) is 0.125. The van der Waals surface area contributed by atoms with Crippen LogP contribution >= 0.6 is 25.6 Å². The quantitative estimate of drug-likeness (QED) is 0.451. The highest BCUT2D eigenvalue weighted by atomic mass is 32.2. The Kier molecular flexibility index (Phi) is 4.76. The maximum atomic E-state index is 12.2. The number of hydrogen-bond acceptors (Lipinski definition) is 4. The molecule has 0 radical (unpaired) electrons. The molecule has 0 aliphatic rings. The number of carbonyl (C=O) groups is 1. The van der Waals surface area contributed by atoms with Crippen molar-refractivity contribution in [3.05, 3.63) is 83.9 Å². The molecule has 0 bridgehead atoms. The van der Waals surface area contributed by atoms with Crippen molar-refractivity contribution < 1.29 is 9.63 Å². The van der Waals surface area contributed by atoms with Gasteiger partial charge in [0.2, 0.25) is 0 Å². The van der Waals surface area contributed by atoms with Gasteiger partial charge in [0.25, 0.3) is 0 Å². The van der Waals surface area contributed by atoms with Gasteiger partial charge in [-0.05, 0) is 42.8 Å². The molecule has 0 N–H and O–H groups in total. The van der Waals surface area contributed by atoms with E-state index in [4.69, 9.17) is 4.84 Å². The fourth-order valence-corrected chi connectivity index (χ4v) is 3.56. The highest BCUT2D eigenvalue weighted by Gasteiger charge is 2.21. The average Bonchev–Trinajstić information content (AvgIpc) is 3.02. The van der Waals surface area contributed by atoms with Crippen LogP contribution in [0.5, 0.6) is 0 Å². The van der Waals surface area contributed by atoms with Crippen molar-refractivity contribution in [3.8, 4) is 0 Å². The van der Waals surface area contributed by atoms with Crippen molar-refractivity contribution in [3.63, 3.8) is 0 Å². The molecule has 4 aromatic rings. The normalized spacial score (nSPS) is 12.3. The molecule has 27 heavy (non-hydrogen) atoms. The molecule has 0 fully saturated rings. The van der Waals surface area contributed by atoms with Gasteiger partial charge in [0.05, 0.1) is 11.0 Å². The lowest BCUT2D eigenvalue weighted by molar-refractivity contribution is 0.140. The summed E-state index contributed by atoms with van der Waals surface area (Å²) < 4.78 is 2.41. The van der Waals surface area contributed by atoms with Gasteiger partial charge in [-0.25, -0.2) is 4.79 Å². The number of aromatic nitrogens is 1. The highest BCUT2D eigenvalue weighted by Crippen LogP contribution is 2.35. The predicted octanol–water partition coefficient (Wildman–Crippen LogP) is 5.49. The number of para-hydroxylation sites is 2. The molecule has 0 spiro atoms. The first kappa shape index (κ1) is 17.8. The second-order valence-corrected chi connectivity index (χ2v) is 7.45. The van der Waals surface area contributed by atoms with Gasteiger partial charge < -0.3 is 4.84 Å². The van der Waals surface area contributed by atoms with Crippen LogP contribution in [0, 0.1) is 0 Å². The third-order valence-electron chi connectivity index (χ3n) is 4.78. The van der Waals surface area contributed by atoms with Crippen LogP contribution in [0.25, 0.3) is 21.8 Å². The van der Waals surface area contributed by atoms with Gasteiger partial charge in [0.1, 0.15) is 0 Å². The Labute approximate surface area is 168 Å². The number of thiol groups is 2. The Balaban J connectivity index is 1.99. The van der Waals surface area contributed by atoms with Gasteiger partial charge in [-0.2, -0.15) is 8.44 Å². The van der Waals surface area contributed by atoms with Crippen molar-refractivity contribution in [1.29, 1.82) is 0 Å². The van der Waals surface area contributed by atoms with Crippen molar-refractivity contribution in [1.82, 2.24) is 8.44 Å². The first-order valence-electron chi connectivity index (χ1n) is 8.55. The van der Waals surface area contributed by atoms with E-state index in [1.807, 2.05) is 54.6 Å². The van der Waals surface area contributed by atoms with Crippen molar-refractivity contribution >= 4 is 53.5 Å². The van der Waals surface area contributed by atoms with E-state index in [9.17, 15) is 4.79 Å². The van der Waals surface area contributed by atoms with Gasteiger partial charge in [-0.15, -0.1) is 0 Å². The third kappa shape index (κ3) is 3.15. The Morgan fingerprint density at radius 1 is 0.926 bits per heavy atom. The smallest absolute Gasteiger partial charge is 0.315 e. The lowest BCUT2D eigenvalue weighted by Crippen LogP contribution is -2.25. The maximum Gasteiger partial charge on any atom is 0.454 e. The summed E-state index contributed by atoms with van der Waals surface area (Å²) in [6, 6.07) is 24.3. The second-order valence-electron chi connectivity index (χ2n) is 6.33. The average molecular weight is 395 g/mol. The maximum absolute atomic E-state index is 12.2. The number of rotatable bonds is 3. The Morgan fingerprint density at radius 3 is 2.33 bits per heavy atom. The fourth-order valence-electron chi connectivity index (χ4n) is 3.48. The van der Waals surface area contributed by atoms with Crippen LogP contribution in [0.2, 0.25) is 0 Å². The largest absolute Gasteiger partial charge is 0.454 e. The topological polar surface area (TPSA) is 34.5 Å². The number of amides is 1. The van der Waals surface area contributed by atoms with Crippen molar-refractivity contribution in [2.24, 2.45) is 0 Å². The van der Waals surface area contributed by atoms with Crippen LogP contribution < -0.4 is 4.84 Å². The van der Waals surface area contributed by atoms with E-state index in [0.717, 1.165) is 31.1 Å². The van der Waals surface area contributed by atoms with Crippen LogP contribution in [0.1, 0.15) is 24.0 Å². The van der Waals surface area contributed by atoms with Crippen molar-refractivity contribution in [2.45, 2.75) is 12.8 Å². The lowest BCUT2D eigenvalue weighted by atomic mass is 9.91. The number of fused-ring (bicyclic) bond motifs is 3. The van der Waals surface area contributed by atoms with E-state index in [1.165, 1.54) is 5.56 Å². The fraction of sp³-hybridized carbons (Fsp3) is 0.0952. The van der Waals surface area contributed by atoms with Crippen LogP contribution in [0.15, 0.2) is 72.8 Å². The molecule has 1 atom stereocenters. The lowest BCUT2D eigenvalue weighted by Gasteiger charge is -2.17. The molecule has 0 saturated heterocycles. The Bertz CT molecular complexity index is 1120. The van der Waals surface area contributed by atoms with Gasteiger partial charge in [-0.3, -0.25) is 0 Å². The molecule has 1 unspecified atom stereocenters. The number of benzene rings is 3. The summed E-state index contributed by atoms with van der Waals surface area (Å²) in [5.41, 5.74) is 3.95. The van der Waals surface area contributed by atoms with Crippen LogP contribution in [-0.4, -0.2) is 14.5 Å². The van der Waals surface area contributed by atoms with E-state index in [2.05, 4.69) is 50.8 Å². The Morgan fingerprint density at radius 2 is 1.59 bits per heavy atom. The van der Waals surface area contributed by atoms with Gasteiger partial charge in [0.15, 0.2) is 0 Å². The summed E-state index contributed by atoms with van der Waals surface area (Å²) in [6.07, 6.45) is -0.675.